The fourth-order valence-corrected chi connectivity index (χ4v) is 10.4. The fraction of sp³-hybridized carbons (Fsp3) is 0.854. The van der Waals surface area contributed by atoms with Gasteiger partial charge in [0.2, 0.25) is 0 Å². The molecule has 18 atom stereocenters. The first-order chi connectivity index (χ1) is 24.9. The lowest BCUT2D eigenvalue weighted by atomic mass is 9.78. The van der Waals surface area contributed by atoms with Gasteiger partial charge in [0.1, 0.15) is 29.9 Å². The van der Waals surface area contributed by atoms with Gasteiger partial charge in [-0.1, -0.05) is 33.9 Å². The highest BCUT2D eigenvalue weighted by Gasteiger charge is 2.56. The highest BCUT2D eigenvalue weighted by molar-refractivity contribution is 5.79. The van der Waals surface area contributed by atoms with Crippen molar-refractivity contribution in [3.8, 4) is 0 Å². The highest BCUT2D eigenvalue weighted by atomic mass is 16.6. The molecule has 7 aliphatic rings. The van der Waals surface area contributed by atoms with Gasteiger partial charge in [0.15, 0.2) is 0 Å². The smallest absolute Gasteiger partial charge is 0.135 e. The van der Waals surface area contributed by atoms with Crippen molar-refractivity contribution in [1.29, 1.82) is 0 Å². The molecule has 11 nitrogen and oxygen atoms in total. The van der Waals surface area contributed by atoms with Crippen LogP contribution < -0.4 is 0 Å². The third-order valence-corrected chi connectivity index (χ3v) is 13.7. The first kappa shape index (κ1) is 38.7. The van der Waals surface area contributed by atoms with Gasteiger partial charge in [-0.3, -0.25) is 9.59 Å². The van der Waals surface area contributed by atoms with Crippen molar-refractivity contribution < 1.29 is 53.3 Å². The van der Waals surface area contributed by atoms with E-state index < -0.39 is 24.4 Å². The largest absolute Gasteiger partial charge is 0.394 e. The molecule has 0 aromatic heterocycles. The van der Waals surface area contributed by atoms with Gasteiger partial charge in [0.05, 0.1) is 73.8 Å². The molecule has 0 spiro atoms. The number of carbonyl (C=O) groups excluding carboxylic acids is 2. The minimum absolute atomic E-state index is 0.0158. The standard InChI is InChI=1S/C41H62O11/c1-20-12-29-8-10-32-21(2)13-28(47-32)7-6-25(43)16-35-24(5)39-41(52-35)38(46)40-33(51-39)11-9-30(49-40)14-26(44)15-31-23(4)34(17-27(45)19-42)50-37(31)18-36(48-29)22(20)3/h20,23-24,27-42,45-46H,2-3,6-19H2,1,4-5H3/t20-,23-,24+,27+,28+,29+,30?,31-,32?,33+,34-,35?,36?,37+,38+,39+,40+,41+/m1/s1. The van der Waals surface area contributed by atoms with E-state index in [9.17, 15) is 24.9 Å². The van der Waals surface area contributed by atoms with Crippen LogP contribution in [0.5, 0.6) is 0 Å². The Morgan fingerprint density at radius 1 is 0.692 bits per heavy atom. The predicted molar refractivity (Wildman–Crippen MR) is 190 cm³/mol. The summed E-state index contributed by atoms with van der Waals surface area (Å²) in [5.41, 5.74) is 2.10. The summed E-state index contributed by atoms with van der Waals surface area (Å²) in [7, 11) is 0. The van der Waals surface area contributed by atoms with Crippen molar-refractivity contribution in [1.82, 2.24) is 0 Å². The maximum Gasteiger partial charge on any atom is 0.135 e. The Kier molecular flexibility index (Phi) is 12.1. The molecule has 0 radical (unpaired) electrons. The van der Waals surface area contributed by atoms with E-state index in [0.717, 1.165) is 36.8 Å². The number of carbonyl (C=O) groups is 2. The zero-order valence-corrected chi connectivity index (χ0v) is 31.3. The Morgan fingerprint density at radius 3 is 2.21 bits per heavy atom. The molecule has 0 aromatic carbocycles. The molecule has 3 N–H and O–H groups in total. The lowest BCUT2D eigenvalue weighted by molar-refractivity contribution is -0.256. The normalized spacial score (nSPS) is 48.4. The van der Waals surface area contributed by atoms with E-state index in [4.69, 9.17) is 28.4 Å². The number of fused-ring (bicyclic) bond motifs is 7. The monoisotopic (exact) mass is 730 g/mol. The molecule has 8 bridgehead atoms. The summed E-state index contributed by atoms with van der Waals surface area (Å²) < 4.78 is 39.1. The first-order valence-electron chi connectivity index (χ1n) is 20.2. The van der Waals surface area contributed by atoms with Crippen molar-refractivity contribution in [3.63, 3.8) is 0 Å². The molecule has 11 heteroatoms. The van der Waals surface area contributed by atoms with E-state index in [-0.39, 0.29) is 116 Å². The van der Waals surface area contributed by atoms with Gasteiger partial charge in [0, 0.05) is 44.4 Å². The van der Waals surface area contributed by atoms with Crippen LogP contribution in [0.15, 0.2) is 24.3 Å². The minimum atomic E-state index is -0.922. The highest BCUT2D eigenvalue weighted by Crippen LogP contribution is 2.45. The second-order valence-corrected chi connectivity index (χ2v) is 17.3. The Bertz CT molecular complexity index is 1320. The summed E-state index contributed by atoms with van der Waals surface area (Å²) >= 11 is 0. The zero-order valence-electron chi connectivity index (χ0n) is 31.3. The van der Waals surface area contributed by atoms with Crippen LogP contribution in [-0.2, 0) is 38.0 Å². The molecule has 0 aromatic rings. The van der Waals surface area contributed by atoms with Crippen LogP contribution in [0, 0.1) is 23.7 Å². The molecule has 7 saturated heterocycles. The minimum Gasteiger partial charge on any atom is -0.394 e. The number of aliphatic hydroxyl groups is 3. The van der Waals surface area contributed by atoms with Crippen molar-refractivity contribution in [2.24, 2.45) is 23.7 Å². The van der Waals surface area contributed by atoms with Crippen molar-refractivity contribution >= 4 is 11.6 Å². The summed E-state index contributed by atoms with van der Waals surface area (Å²) in [4.78, 5) is 27.1. The SMILES string of the molecule is C=C1C[C@@H]2CCC(=O)CC3O[C@H]4[C@@H](O)[C@H]5OC(CC[C@@H]5O[C@H]4[C@H]3C)CC(=O)C[C@@H]3[C@@H](C)[C@@H](C[C@H](O)CO)O[C@H]3CC3O[C@@H](CCC1O2)C[C@@H](C)C3=C. The molecule has 7 rings (SSSR count). The van der Waals surface area contributed by atoms with E-state index in [1.54, 1.807) is 0 Å². The molecule has 0 amide bonds. The van der Waals surface area contributed by atoms with Crippen LogP contribution >= 0.6 is 0 Å². The van der Waals surface area contributed by atoms with Crippen molar-refractivity contribution in [3.05, 3.63) is 24.3 Å². The average Bonchev–Trinajstić information content (AvgIpc) is 3.73. The van der Waals surface area contributed by atoms with E-state index in [0.29, 0.717) is 44.9 Å². The molecular weight excluding hydrogens is 668 g/mol. The predicted octanol–water partition coefficient (Wildman–Crippen LogP) is 4.16. The maximum absolute atomic E-state index is 13.8. The quantitative estimate of drug-likeness (QED) is 0.360. The maximum atomic E-state index is 13.8. The van der Waals surface area contributed by atoms with Crippen molar-refractivity contribution in [2.75, 3.05) is 6.61 Å². The summed E-state index contributed by atoms with van der Waals surface area (Å²) in [6.07, 6.45) is 1.93. The van der Waals surface area contributed by atoms with Crippen molar-refractivity contribution in [2.45, 2.75) is 190 Å². The van der Waals surface area contributed by atoms with Gasteiger partial charge in [-0.2, -0.15) is 0 Å². The molecular formula is C41H62O11. The molecule has 292 valence electrons. The number of ketones is 2. The topological polar surface area (TPSA) is 150 Å². The van der Waals surface area contributed by atoms with Gasteiger partial charge in [0.25, 0.3) is 0 Å². The summed E-state index contributed by atoms with van der Waals surface area (Å²) in [6.45, 7) is 14.7. The second-order valence-electron chi connectivity index (χ2n) is 17.3. The lowest BCUT2D eigenvalue weighted by Gasteiger charge is -2.46. The Balaban J connectivity index is 1.10. The van der Waals surface area contributed by atoms with Crippen LogP contribution in [0.4, 0.5) is 0 Å². The molecule has 7 heterocycles. The Morgan fingerprint density at radius 2 is 1.42 bits per heavy atom. The van der Waals surface area contributed by atoms with E-state index in [1.807, 2.05) is 6.92 Å². The second kappa shape index (κ2) is 16.3. The van der Waals surface area contributed by atoms with Gasteiger partial charge >= 0.3 is 0 Å². The van der Waals surface area contributed by atoms with Gasteiger partial charge < -0.3 is 43.7 Å². The van der Waals surface area contributed by atoms with Crippen LogP contribution in [0.3, 0.4) is 0 Å². The average molecular weight is 731 g/mol. The van der Waals surface area contributed by atoms with Gasteiger partial charge in [-0.15, -0.1) is 0 Å². The van der Waals surface area contributed by atoms with E-state index >= 15 is 0 Å². The molecule has 52 heavy (non-hydrogen) atoms. The molecule has 0 saturated carbocycles. The molecule has 4 unspecified atom stereocenters. The van der Waals surface area contributed by atoms with E-state index in [1.165, 1.54) is 0 Å². The summed E-state index contributed by atoms with van der Waals surface area (Å²) in [6, 6.07) is 0. The lowest BCUT2D eigenvalue weighted by Crippen LogP contribution is -2.60. The Labute approximate surface area is 308 Å². The number of hydrogen-bond acceptors (Lipinski definition) is 11. The Hall–Kier alpha value is -1.54. The molecule has 0 aliphatic carbocycles. The third-order valence-electron chi connectivity index (χ3n) is 13.7. The van der Waals surface area contributed by atoms with E-state index in [2.05, 4.69) is 27.0 Å². The summed E-state index contributed by atoms with van der Waals surface area (Å²) in [5.74, 6) is 0.265. The van der Waals surface area contributed by atoms with Gasteiger partial charge in [-0.05, 0) is 73.8 Å². The van der Waals surface area contributed by atoms with Crippen LogP contribution in [-0.4, -0.2) is 119 Å². The first-order valence-corrected chi connectivity index (χ1v) is 20.2. The molecule has 7 fully saturated rings. The van der Waals surface area contributed by atoms with Crippen LogP contribution in [0.25, 0.3) is 0 Å². The number of rotatable bonds is 3. The fourth-order valence-electron chi connectivity index (χ4n) is 10.4. The zero-order chi connectivity index (χ0) is 36.8. The number of hydrogen-bond donors (Lipinski definition) is 3. The number of ether oxygens (including phenoxy) is 6. The summed E-state index contributed by atoms with van der Waals surface area (Å²) in [5, 5.41) is 31.5. The third kappa shape index (κ3) is 8.19. The van der Waals surface area contributed by atoms with Crippen LogP contribution in [0.2, 0.25) is 0 Å². The number of aliphatic hydroxyl groups excluding tert-OH is 3. The van der Waals surface area contributed by atoms with Crippen LogP contribution in [0.1, 0.15) is 104 Å². The number of Topliss-reactive ketones (excluding diaryl/α,β-unsaturated/α-hetero) is 2. The van der Waals surface area contributed by atoms with Gasteiger partial charge in [-0.25, -0.2) is 0 Å². The molecule has 7 aliphatic heterocycles.